The Labute approximate surface area is 177 Å². The minimum atomic E-state index is -0.600. The molecule has 2 aromatic carbocycles. The van der Waals surface area contributed by atoms with Crippen LogP contribution < -0.4 is 15.4 Å². The third kappa shape index (κ3) is 4.06. The lowest BCUT2D eigenvalue weighted by atomic mass is 9.91. The highest BCUT2D eigenvalue weighted by Crippen LogP contribution is 2.33. The number of nitrogens with zero attached hydrogens (tertiary/aromatic N) is 2. The van der Waals surface area contributed by atoms with Crippen molar-refractivity contribution in [1.82, 2.24) is 9.88 Å². The topological polar surface area (TPSA) is 74.6 Å². The van der Waals surface area contributed by atoms with Crippen LogP contribution >= 0.6 is 0 Å². The average molecular weight is 407 g/mol. The third-order valence-electron chi connectivity index (χ3n) is 5.85. The SMILES string of the molecule is COc1ccc2c(c1)CC(CN(C)C)CN2C(=O)[C@H](N)Cc1c[nH]c2ccccc12. The molecule has 158 valence electrons. The van der Waals surface area contributed by atoms with Crippen molar-refractivity contribution < 1.29 is 9.53 Å². The number of amides is 1. The second-order valence-electron chi connectivity index (χ2n) is 8.45. The van der Waals surface area contributed by atoms with Gasteiger partial charge in [-0.05, 0) is 68.2 Å². The van der Waals surface area contributed by atoms with Gasteiger partial charge in [0.05, 0.1) is 13.2 Å². The van der Waals surface area contributed by atoms with Crippen molar-refractivity contribution in [1.29, 1.82) is 0 Å². The van der Waals surface area contributed by atoms with Gasteiger partial charge in [0.2, 0.25) is 5.91 Å². The fraction of sp³-hybridized carbons (Fsp3) is 0.375. The molecule has 0 fully saturated rings. The normalized spacial score (nSPS) is 17.2. The van der Waals surface area contributed by atoms with E-state index < -0.39 is 6.04 Å². The van der Waals surface area contributed by atoms with Crippen molar-refractivity contribution in [2.45, 2.75) is 18.9 Å². The molecule has 3 N–H and O–H groups in total. The fourth-order valence-electron chi connectivity index (χ4n) is 4.52. The molecule has 0 spiro atoms. The molecular weight excluding hydrogens is 376 g/mol. The third-order valence-corrected chi connectivity index (χ3v) is 5.85. The van der Waals surface area contributed by atoms with E-state index in [2.05, 4.69) is 30.0 Å². The molecule has 1 aromatic heterocycles. The summed E-state index contributed by atoms with van der Waals surface area (Å²) >= 11 is 0. The first-order valence-electron chi connectivity index (χ1n) is 10.4. The van der Waals surface area contributed by atoms with E-state index in [4.69, 9.17) is 10.5 Å². The number of carbonyl (C=O) groups is 1. The van der Waals surface area contributed by atoms with Crippen molar-refractivity contribution in [2.24, 2.45) is 11.7 Å². The van der Waals surface area contributed by atoms with Crippen LogP contribution in [0.1, 0.15) is 11.1 Å². The fourth-order valence-corrected chi connectivity index (χ4v) is 4.52. The second kappa shape index (κ2) is 8.50. The number of fused-ring (bicyclic) bond motifs is 2. The molecule has 1 aliphatic rings. The van der Waals surface area contributed by atoms with E-state index in [-0.39, 0.29) is 5.91 Å². The van der Waals surface area contributed by atoms with Crippen LogP contribution in [0.5, 0.6) is 5.75 Å². The number of para-hydroxylation sites is 1. The number of nitrogens with one attached hydrogen (secondary N) is 1. The van der Waals surface area contributed by atoms with Crippen molar-refractivity contribution >= 4 is 22.5 Å². The molecule has 4 rings (SSSR count). The molecule has 0 saturated carbocycles. The maximum absolute atomic E-state index is 13.5. The molecule has 1 aliphatic heterocycles. The smallest absolute Gasteiger partial charge is 0.244 e. The van der Waals surface area contributed by atoms with Gasteiger partial charge in [0, 0.05) is 35.9 Å². The average Bonchev–Trinajstić information content (AvgIpc) is 3.14. The Balaban J connectivity index is 1.59. The Morgan fingerprint density at radius 1 is 1.30 bits per heavy atom. The van der Waals surface area contributed by atoms with Crippen LogP contribution in [-0.2, 0) is 17.6 Å². The zero-order chi connectivity index (χ0) is 21.3. The number of benzene rings is 2. The molecule has 6 heteroatoms. The van der Waals surface area contributed by atoms with Crippen LogP contribution in [0.3, 0.4) is 0 Å². The van der Waals surface area contributed by atoms with Crippen molar-refractivity contribution in [3.05, 3.63) is 59.8 Å². The number of anilines is 1. The van der Waals surface area contributed by atoms with Gasteiger partial charge in [0.1, 0.15) is 5.75 Å². The van der Waals surface area contributed by atoms with E-state index in [0.717, 1.165) is 46.4 Å². The lowest BCUT2D eigenvalue weighted by molar-refractivity contribution is -0.120. The standard InChI is InChI=1S/C24H30N4O2/c1-27(2)14-16-10-17-11-19(30-3)8-9-23(17)28(15-16)24(29)21(25)12-18-13-26-22-7-5-4-6-20(18)22/h4-9,11,13,16,21,26H,10,12,14-15,25H2,1-3H3/t16?,21-/m1/s1. The zero-order valence-electron chi connectivity index (χ0n) is 17.9. The molecule has 1 unspecified atom stereocenters. The number of rotatable bonds is 6. The Morgan fingerprint density at radius 2 is 2.10 bits per heavy atom. The Morgan fingerprint density at radius 3 is 2.87 bits per heavy atom. The van der Waals surface area contributed by atoms with Crippen molar-refractivity contribution in [3.8, 4) is 5.75 Å². The Hall–Kier alpha value is -2.83. The molecule has 1 amide bonds. The second-order valence-corrected chi connectivity index (χ2v) is 8.45. The number of hydrogen-bond acceptors (Lipinski definition) is 4. The predicted octanol–water partition coefficient (Wildman–Crippen LogP) is 2.81. The van der Waals surface area contributed by atoms with Crippen LogP contribution in [-0.4, -0.2) is 56.1 Å². The molecule has 6 nitrogen and oxygen atoms in total. The van der Waals surface area contributed by atoms with Gasteiger partial charge in [-0.25, -0.2) is 0 Å². The van der Waals surface area contributed by atoms with Gasteiger partial charge in [0.25, 0.3) is 0 Å². The highest BCUT2D eigenvalue weighted by molar-refractivity contribution is 5.99. The summed E-state index contributed by atoms with van der Waals surface area (Å²) in [6.07, 6.45) is 3.39. The van der Waals surface area contributed by atoms with Crippen LogP contribution in [0, 0.1) is 5.92 Å². The van der Waals surface area contributed by atoms with E-state index in [1.54, 1.807) is 7.11 Å². The van der Waals surface area contributed by atoms with Gasteiger partial charge in [-0.2, -0.15) is 0 Å². The summed E-state index contributed by atoms with van der Waals surface area (Å²) in [6.45, 7) is 1.59. The molecule has 0 radical (unpaired) electrons. The highest BCUT2D eigenvalue weighted by atomic mass is 16.5. The molecule has 30 heavy (non-hydrogen) atoms. The summed E-state index contributed by atoms with van der Waals surface area (Å²) < 4.78 is 5.41. The summed E-state index contributed by atoms with van der Waals surface area (Å²) in [7, 11) is 5.80. The summed E-state index contributed by atoms with van der Waals surface area (Å²) in [5, 5.41) is 1.12. The number of nitrogens with two attached hydrogens (primary N) is 1. The molecule has 0 saturated heterocycles. The molecule has 0 aliphatic carbocycles. The molecule has 3 aromatic rings. The number of aromatic nitrogens is 1. The van der Waals surface area contributed by atoms with Crippen LogP contribution in [0.25, 0.3) is 10.9 Å². The number of H-pyrrole nitrogens is 1. The summed E-state index contributed by atoms with van der Waals surface area (Å²) in [6, 6.07) is 13.4. The molecule has 2 heterocycles. The van der Waals surface area contributed by atoms with E-state index >= 15 is 0 Å². The lowest BCUT2D eigenvalue weighted by Crippen LogP contribution is -2.50. The van der Waals surface area contributed by atoms with E-state index in [9.17, 15) is 4.79 Å². The summed E-state index contributed by atoms with van der Waals surface area (Å²) in [4.78, 5) is 20.8. The molecular formula is C24H30N4O2. The first kappa shape index (κ1) is 20.4. The Bertz CT molecular complexity index is 1040. The van der Waals surface area contributed by atoms with Gasteiger partial charge in [-0.1, -0.05) is 18.2 Å². The minimum absolute atomic E-state index is 0.0323. The number of methoxy groups -OCH3 is 1. The maximum atomic E-state index is 13.5. The first-order chi connectivity index (χ1) is 14.5. The van der Waals surface area contributed by atoms with E-state index in [0.29, 0.717) is 18.9 Å². The monoisotopic (exact) mass is 406 g/mol. The van der Waals surface area contributed by atoms with Gasteiger partial charge >= 0.3 is 0 Å². The Kier molecular flexibility index (Phi) is 5.79. The van der Waals surface area contributed by atoms with Gasteiger partial charge < -0.3 is 25.3 Å². The summed E-state index contributed by atoms with van der Waals surface area (Å²) in [5.74, 6) is 1.13. The van der Waals surface area contributed by atoms with Crippen LogP contribution in [0.4, 0.5) is 5.69 Å². The predicted molar refractivity (Wildman–Crippen MR) is 121 cm³/mol. The first-order valence-corrected chi connectivity index (χ1v) is 10.4. The van der Waals surface area contributed by atoms with Crippen LogP contribution in [0.2, 0.25) is 0 Å². The quantitative estimate of drug-likeness (QED) is 0.660. The van der Waals surface area contributed by atoms with E-state index in [1.807, 2.05) is 47.5 Å². The van der Waals surface area contributed by atoms with Gasteiger partial charge in [0.15, 0.2) is 0 Å². The van der Waals surface area contributed by atoms with Crippen LogP contribution in [0.15, 0.2) is 48.7 Å². The number of carbonyl (C=O) groups excluding carboxylic acids is 1. The minimum Gasteiger partial charge on any atom is -0.497 e. The molecule has 2 atom stereocenters. The summed E-state index contributed by atoms with van der Waals surface area (Å²) in [5.41, 5.74) is 10.7. The van der Waals surface area contributed by atoms with Crippen molar-refractivity contribution in [3.63, 3.8) is 0 Å². The number of ether oxygens (including phenoxy) is 1. The highest BCUT2D eigenvalue weighted by Gasteiger charge is 2.32. The molecule has 0 bridgehead atoms. The zero-order valence-corrected chi connectivity index (χ0v) is 17.9. The van der Waals surface area contributed by atoms with Gasteiger partial charge in [-0.3, -0.25) is 4.79 Å². The lowest BCUT2D eigenvalue weighted by Gasteiger charge is -2.37. The maximum Gasteiger partial charge on any atom is 0.244 e. The largest absolute Gasteiger partial charge is 0.497 e. The van der Waals surface area contributed by atoms with Gasteiger partial charge in [-0.15, -0.1) is 0 Å². The van der Waals surface area contributed by atoms with E-state index in [1.165, 1.54) is 0 Å². The number of aromatic amines is 1. The number of hydrogen-bond donors (Lipinski definition) is 2. The van der Waals surface area contributed by atoms with Crippen molar-refractivity contribution in [2.75, 3.05) is 39.2 Å².